The summed E-state index contributed by atoms with van der Waals surface area (Å²) in [5, 5.41) is 30.7. The molecule has 0 radical (unpaired) electrons. The van der Waals surface area contributed by atoms with E-state index in [2.05, 4.69) is 36.6 Å². The van der Waals surface area contributed by atoms with Crippen molar-refractivity contribution in [1.29, 1.82) is 0 Å². The van der Waals surface area contributed by atoms with E-state index in [4.69, 9.17) is 37.8 Å². The molecule has 1 aliphatic rings. The second-order valence-electron chi connectivity index (χ2n) is 5.16. The molecule has 0 saturated carbocycles. The summed E-state index contributed by atoms with van der Waals surface area (Å²) in [7, 11) is 0. The van der Waals surface area contributed by atoms with Crippen LogP contribution in [0.1, 0.15) is 35.5 Å². The monoisotopic (exact) mass is 392 g/mol. The van der Waals surface area contributed by atoms with E-state index < -0.39 is 37.1 Å². The van der Waals surface area contributed by atoms with E-state index in [1.807, 2.05) is 0 Å². The summed E-state index contributed by atoms with van der Waals surface area (Å²) < 4.78 is 6.42. The summed E-state index contributed by atoms with van der Waals surface area (Å²) in [5.41, 5.74) is 5.29. The Morgan fingerprint density at radius 2 is 2.08 bits per heavy atom. The molecule has 13 heteroatoms. The molecule has 0 aliphatic carbocycles. The fourth-order valence-electron chi connectivity index (χ4n) is 2.37. The largest absolute Gasteiger partial charge is 0.363 e. The molecule has 144 valence electrons. The molecule has 0 aromatic carbocycles. The first-order valence-corrected chi connectivity index (χ1v) is 7.94. The number of halogens is 1. The van der Waals surface area contributed by atoms with Crippen LogP contribution in [0.25, 0.3) is 0 Å². The number of hydrogen-bond acceptors (Lipinski definition) is 10. The third-order valence-electron chi connectivity index (χ3n) is 3.50. The quantitative estimate of drug-likeness (QED) is 0.153. The van der Waals surface area contributed by atoms with Crippen molar-refractivity contribution in [2.45, 2.75) is 37.4 Å². The third-order valence-corrected chi connectivity index (χ3v) is 3.76. The number of carbonyl (C=O) groups is 1. The van der Waals surface area contributed by atoms with E-state index >= 15 is 0 Å². The number of aromatic nitrogens is 3. The van der Waals surface area contributed by atoms with Crippen molar-refractivity contribution >= 4 is 17.5 Å². The van der Waals surface area contributed by atoms with Crippen LogP contribution in [0.4, 0.5) is 0 Å². The number of nitrogens with two attached hydrogens (primary N) is 1. The zero-order valence-electron chi connectivity index (χ0n) is 13.3. The van der Waals surface area contributed by atoms with Crippen molar-refractivity contribution < 1.29 is 40.0 Å². The Bertz CT molecular complexity index is 675. The second-order valence-corrected chi connectivity index (χ2v) is 5.54. The lowest BCUT2D eigenvalue weighted by atomic mass is 10.1. The highest BCUT2D eigenvalue weighted by Crippen LogP contribution is 2.33. The van der Waals surface area contributed by atoms with Gasteiger partial charge in [0.2, 0.25) is 11.6 Å². The van der Waals surface area contributed by atoms with Crippen LogP contribution >= 0.6 is 11.6 Å². The number of unbranched alkanes of at least 4 members (excludes halogenated alkanes) is 1. The van der Waals surface area contributed by atoms with Crippen molar-refractivity contribution in [2.24, 2.45) is 5.73 Å². The van der Waals surface area contributed by atoms with Crippen LogP contribution in [-0.2, 0) is 19.4 Å². The zero-order valence-corrected chi connectivity index (χ0v) is 14.1. The van der Waals surface area contributed by atoms with E-state index in [9.17, 15) is 4.79 Å². The summed E-state index contributed by atoms with van der Waals surface area (Å²) in [6.07, 6.45) is -3.76. The number of primary amides is 1. The zero-order chi connectivity index (χ0) is 19.1. The lowest BCUT2D eigenvalue weighted by Crippen LogP contribution is -2.37. The fourth-order valence-corrected chi connectivity index (χ4v) is 2.50. The Labute approximate surface area is 152 Å². The number of ether oxygens (including phenoxy) is 1. The number of amides is 1. The van der Waals surface area contributed by atoms with Crippen LogP contribution in [0.15, 0.2) is 0 Å². The van der Waals surface area contributed by atoms with Gasteiger partial charge in [-0.1, -0.05) is 5.92 Å². The molecule has 0 spiro atoms. The molecule has 2 heterocycles. The molecule has 1 aromatic heterocycles. The number of alkyl halides is 1. The first-order valence-electron chi connectivity index (χ1n) is 7.40. The van der Waals surface area contributed by atoms with Crippen molar-refractivity contribution in [2.75, 3.05) is 12.5 Å². The van der Waals surface area contributed by atoms with Gasteiger partial charge in [0, 0.05) is 12.3 Å². The van der Waals surface area contributed by atoms with E-state index in [-0.39, 0.29) is 11.6 Å². The molecule has 1 saturated heterocycles. The maximum Gasteiger partial charge on any atom is 0.286 e. The SMILES string of the molecule is NC(=O)c1nc(C#CCCCCl)nn1[C@@H]1O[C@H](COO)[C@@H](OO)[C@H]1OO. The predicted octanol–water partition coefficient (Wildman–Crippen LogP) is -0.149. The standard InChI is InChI=1S/C13H17ClN4O8/c14-5-3-1-2-4-8-16-12(11(15)19)18(17-8)13-10(26-22)9(25-21)7(24-13)6-23-20/h7,9-10,13,20-22H,1,3,5-6H2,(H2,15,19)/t7-,9-,10-,13-/m1/s1. The highest BCUT2D eigenvalue weighted by atomic mass is 35.5. The van der Waals surface area contributed by atoms with Gasteiger partial charge in [0.1, 0.15) is 12.7 Å². The first kappa shape index (κ1) is 20.5. The number of rotatable bonds is 8. The van der Waals surface area contributed by atoms with Gasteiger partial charge in [0.05, 0.1) is 0 Å². The molecule has 4 atom stereocenters. The van der Waals surface area contributed by atoms with Gasteiger partial charge in [0.15, 0.2) is 18.4 Å². The molecule has 2 rings (SSSR count). The van der Waals surface area contributed by atoms with Gasteiger partial charge in [0.25, 0.3) is 5.91 Å². The van der Waals surface area contributed by atoms with Gasteiger partial charge >= 0.3 is 0 Å². The van der Waals surface area contributed by atoms with E-state index in [1.54, 1.807) is 0 Å². The van der Waals surface area contributed by atoms with E-state index in [1.165, 1.54) is 0 Å². The number of hydrogen-bond donors (Lipinski definition) is 4. The molecule has 26 heavy (non-hydrogen) atoms. The Kier molecular flexibility index (Phi) is 7.69. The maximum atomic E-state index is 11.7. The Morgan fingerprint density at radius 1 is 1.35 bits per heavy atom. The minimum Gasteiger partial charge on any atom is -0.363 e. The molecule has 12 nitrogen and oxygen atoms in total. The Morgan fingerprint density at radius 3 is 2.65 bits per heavy atom. The predicted molar refractivity (Wildman–Crippen MR) is 82.9 cm³/mol. The average molecular weight is 393 g/mol. The van der Waals surface area contributed by atoms with Gasteiger partial charge in [-0.2, -0.15) is 4.98 Å². The molecule has 0 bridgehead atoms. The molecular weight excluding hydrogens is 376 g/mol. The normalized spacial score (nSPS) is 25.1. The summed E-state index contributed by atoms with van der Waals surface area (Å²) in [6, 6.07) is 0. The van der Waals surface area contributed by atoms with Crippen LogP contribution in [0.3, 0.4) is 0 Å². The maximum absolute atomic E-state index is 11.7. The molecule has 0 unspecified atom stereocenters. The van der Waals surface area contributed by atoms with Crippen molar-refractivity contribution in [1.82, 2.24) is 14.8 Å². The van der Waals surface area contributed by atoms with Crippen molar-refractivity contribution in [3.05, 3.63) is 11.6 Å². The summed E-state index contributed by atoms with van der Waals surface area (Å²) in [5.74, 6) is 4.61. The van der Waals surface area contributed by atoms with Crippen molar-refractivity contribution in [3.8, 4) is 11.8 Å². The topological polar surface area (TPSA) is 171 Å². The van der Waals surface area contributed by atoms with Crippen LogP contribution in [0.2, 0.25) is 0 Å². The number of nitrogens with zero attached hydrogens (tertiary/aromatic N) is 3. The molecular formula is C13H17ClN4O8. The first-order chi connectivity index (χ1) is 12.6. The smallest absolute Gasteiger partial charge is 0.286 e. The highest BCUT2D eigenvalue weighted by Gasteiger charge is 2.50. The lowest BCUT2D eigenvalue weighted by Gasteiger charge is -2.18. The Balaban J connectivity index is 2.33. The van der Waals surface area contributed by atoms with Gasteiger partial charge in [-0.3, -0.25) is 20.6 Å². The fraction of sp³-hybridized carbons (Fsp3) is 0.615. The van der Waals surface area contributed by atoms with Gasteiger partial charge in [-0.15, -0.1) is 16.7 Å². The van der Waals surface area contributed by atoms with Crippen molar-refractivity contribution in [3.63, 3.8) is 0 Å². The van der Waals surface area contributed by atoms with E-state index in [0.717, 1.165) is 4.68 Å². The van der Waals surface area contributed by atoms with Gasteiger partial charge in [-0.25, -0.2) is 19.3 Å². The molecule has 1 amide bonds. The minimum atomic E-state index is -1.34. The third kappa shape index (κ3) is 4.47. The summed E-state index contributed by atoms with van der Waals surface area (Å²) in [6.45, 7) is -0.423. The number of carbonyl (C=O) groups excluding carboxylic acids is 1. The molecule has 5 N–H and O–H groups in total. The summed E-state index contributed by atoms with van der Waals surface area (Å²) in [4.78, 5) is 28.0. The molecule has 1 aromatic rings. The molecule has 1 aliphatic heterocycles. The lowest BCUT2D eigenvalue weighted by molar-refractivity contribution is -0.357. The van der Waals surface area contributed by atoms with Gasteiger partial charge in [-0.05, 0) is 12.3 Å². The summed E-state index contributed by atoms with van der Waals surface area (Å²) >= 11 is 5.56. The highest BCUT2D eigenvalue weighted by molar-refractivity contribution is 6.17. The van der Waals surface area contributed by atoms with Crippen LogP contribution < -0.4 is 5.73 Å². The second kappa shape index (κ2) is 9.76. The Hall–Kier alpha value is -1.82. The van der Waals surface area contributed by atoms with Gasteiger partial charge < -0.3 is 10.5 Å². The van der Waals surface area contributed by atoms with E-state index in [0.29, 0.717) is 18.7 Å². The van der Waals surface area contributed by atoms with Crippen LogP contribution in [-0.4, -0.2) is 67.2 Å². The average Bonchev–Trinajstić information content (AvgIpc) is 3.19. The molecule has 1 fully saturated rings. The van der Waals surface area contributed by atoms with Crippen LogP contribution in [0.5, 0.6) is 0 Å². The minimum absolute atomic E-state index is 0.0167. The van der Waals surface area contributed by atoms with Crippen LogP contribution in [0, 0.1) is 11.8 Å².